The van der Waals surface area contributed by atoms with Crippen LogP contribution >= 0.6 is 0 Å². The molecule has 1 heterocycles. The van der Waals surface area contributed by atoms with Crippen LogP contribution in [0.25, 0.3) is 0 Å². The number of nitrogens with zero attached hydrogens (tertiary/aromatic N) is 3. The first-order valence-electron chi connectivity index (χ1n) is 6.69. The fourth-order valence-electron chi connectivity index (χ4n) is 2.00. The molecule has 0 saturated heterocycles. The van der Waals surface area contributed by atoms with E-state index in [4.69, 9.17) is 0 Å². The lowest BCUT2D eigenvalue weighted by Gasteiger charge is -2.25. The molecule has 0 aliphatic heterocycles. The third-order valence-corrected chi connectivity index (χ3v) is 3.43. The lowest BCUT2D eigenvalue weighted by Crippen LogP contribution is -2.31. The molecule has 1 unspecified atom stereocenters. The first kappa shape index (κ1) is 16.1. The second-order valence-electron chi connectivity index (χ2n) is 5.11. The Balaban J connectivity index is 2.06. The summed E-state index contributed by atoms with van der Waals surface area (Å²) in [6, 6.07) is 9.04. The van der Waals surface area contributed by atoms with E-state index in [1.54, 1.807) is 36.2 Å². The Hall–Kier alpha value is -2.31. The largest absolute Gasteiger partial charge is 0.508 e. The summed E-state index contributed by atoms with van der Waals surface area (Å²) in [7, 11) is 1.75. The minimum absolute atomic E-state index is 0.00980. The monoisotopic (exact) mass is 311 g/mol. The zero-order valence-corrected chi connectivity index (χ0v) is 12.2. The maximum Gasteiger partial charge on any atom is 0.435 e. The summed E-state index contributed by atoms with van der Waals surface area (Å²) in [4.78, 5) is 1.76. The molecule has 22 heavy (non-hydrogen) atoms. The number of phenols is 1. The van der Waals surface area contributed by atoms with Gasteiger partial charge < -0.3 is 10.0 Å². The fraction of sp³-hybridized carbons (Fsp3) is 0.333. The van der Waals surface area contributed by atoms with Crippen LogP contribution in [0.4, 0.5) is 19.0 Å². The maximum absolute atomic E-state index is 12.5. The summed E-state index contributed by atoms with van der Waals surface area (Å²) in [6.07, 6.45) is -3.82. The number of hydrogen-bond donors (Lipinski definition) is 1. The molecule has 1 N–H and O–H groups in total. The van der Waals surface area contributed by atoms with Crippen LogP contribution in [0.5, 0.6) is 5.75 Å². The van der Waals surface area contributed by atoms with Gasteiger partial charge in [-0.25, -0.2) is 0 Å². The number of hydrogen-bond acceptors (Lipinski definition) is 4. The van der Waals surface area contributed by atoms with Gasteiger partial charge in [0.05, 0.1) is 0 Å². The van der Waals surface area contributed by atoms with E-state index in [2.05, 4.69) is 10.2 Å². The molecule has 0 amide bonds. The van der Waals surface area contributed by atoms with Crippen molar-refractivity contribution in [2.75, 3.05) is 11.9 Å². The van der Waals surface area contributed by atoms with Crippen LogP contribution in [-0.4, -0.2) is 28.4 Å². The van der Waals surface area contributed by atoms with Crippen LogP contribution in [-0.2, 0) is 12.6 Å². The van der Waals surface area contributed by atoms with Gasteiger partial charge in [0, 0.05) is 13.1 Å². The van der Waals surface area contributed by atoms with E-state index in [9.17, 15) is 18.3 Å². The Morgan fingerprint density at radius 1 is 1.09 bits per heavy atom. The van der Waals surface area contributed by atoms with Gasteiger partial charge in [-0.05, 0) is 43.2 Å². The van der Waals surface area contributed by atoms with Crippen LogP contribution in [0, 0.1) is 0 Å². The lowest BCUT2D eigenvalue weighted by molar-refractivity contribution is -0.141. The number of benzene rings is 1. The van der Waals surface area contributed by atoms with Crippen molar-refractivity contribution in [2.24, 2.45) is 0 Å². The molecule has 0 bridgehead atoms. The molecule has 1 atom stereocenters. The molecule has 118 valence electrons. The minimum atomic E-state index is -4.48. The molecule has 1 aromatic heterocycles. The number of aromatic hydroxyl groups is 1. The van der Waals surface area contributed by atoms with Gasteiger partial charge in [0.2, 0.25) is 0 Å². The molecule has 0 aliphatic carbocycles. The summed E-state index contributed by atoms with van der Waals surface area (Å²) in [6.45, 7) is 1.94. The number of aromatic nitrogens is 2. The summed E-state index contributed by atoms with van der Waals surface area (Å²) >= 11 is 0. The Kier molecular flexibility index (Phi) is 4.54. The smallest absolute Gasteiger partial charge is 0.435 e. The Morgan fingerprint density at radius 2 is 1.73 bits per heavy atom. The van der Waals surface area contributed by atoms with Crippen LogP contribution in [0.3, 0.4) is 0 Å². The van der Waals surface area contributed by atoms with Crippen molar-refractivity contribution in [2.45, 2.75) is 25.6 Å². The lowest BCUT2D eigenvalue weighted by atomic mass is 10.1. The van der Waals surface area contributed by atoms with E-state index >= 15 is 0 Å². The number of likely N-dealkylation sites (N-methyl/N-ethyl adjacent to an activating group) is 1. The van der Waals surface area contributed by atoms with Crippen molar-refractivity contribution >= 4 is 5.82 Å². The van der Waals surface area contributed by atoms with Crippen LogP contribution < -0.4 is 4.90 Å². The van der Waals surface area contributed by atoms with Crippen molar-refractivity contribution < 1.29 is 18.3 Å². The van der Waals surface area contributed by atoms with Gasteiger partial charge in [0.15, 0.2) is 11.5 Å². The standard InChI is InChI=1S/C15H16F3N3O/c1-10(9-11-3-5-12(22)6-4-11)21(2)14-8-7-13(19-20-14)15(16,17)18/h3-8,10,22H,9H2,1-2H3. The second-order valence-corrected chi connectivity index (χ2v) is 5.11. The SMILES string of the molecule is CC(Cc1ccc(O)cc1)N(C)c1ccc(C(F)(F)F)nn1. The summed E-state index contributed by atoms with van der Waals surface area (Å²) in [5, 5.41) is 16.1. The molecule has 0 fully saturated rings. The van der Waals surface area contributed by atoms with E-state index in [0.717, 1.165) is 11.6 Å². The molecule has 0 aliphatic rings. The van der Waals surface area contributed by atoms with Crippen molar-refractivity contribution in [3.05, 3.63) is 47.7 Å². The van der Waals surface area contributed by atoms with Gasteiger partial charge in [-0.1, -0.05) is 12.1 Å². The highest BCUT2D eigenvalue weighted by Gasteiger charge is 2.33. The molecule has 0 spiro atoms. The van der Waals surface area contributed by atoms with Gasteiger partial charge >= 0.3 is 6.18 Å². The van der Waals surface area contributed by atoms with E-state index in [-0.39, 0.29) is 11.8 Å². The van der Waals surface area contributed by atoms with Crippen LogP contribution in [0.15, 0.2) is 36.4 Å². The summed E-state index contributed by atoms with van der Waals surface area (Å²) < 4.78 is 37.4. The molecule has 4 nitrogen and oxygen atoms in total. The highest BCUT2D eigenvalue weighted by Crippen LogP contribution is 2.27. The third-order valence-electron chi connectivity index (χ3n) is 3.43. The highest BCUT2D eigenvalue weighted by molar-refractivity contribution is 5.38. The molecular weight excluding hydrogens is 295 g/mol. The molecule has 0 saturated carbocycles. The Morgan fingerprint density at radius 3 is 2.23 bits per heavy atom. The summed E-state index contributed by atoms with van der Waals surface area (Å²) in [5.74, 6) is 0.567. The van der Waals surface area contributed by atoms with Crippen molar-refractivity contribution in [1.82, 2.24) is 10.2 Å². The van der Waals surface area contributed by atoms with Crippen molar-refractivity contribution in [3.8, 4) is 5.75 Å². The fourth-order valence-corrected chi connectivity index (χ4v) is 2.00. The topological polar surface area (TPSA) is 49.2 Å². The first-order chi connectivity index (χ1) is 10.3. The molecule has 2 rings (SSSR count). The predicted molar refractivity (Wildman–Crippen MR) is 76.7 cm³/mol. The highest BCUT2D eigenvalue weighted by atomic mass is 19.4. The average molecular weight is 311 g/mol. The zero-order valence-electron chi connectivity index (χ0n) is 12.2. The van der Waals surface area contributed by atoms with Gasteiger partial charge in [-0.15, -0.1) is 10.2 Å². The van der Waals surface area contributed by atoms with E-state index in [1.165, 1.54) is 6.07 Å². The van der Waals surface area contributed by atoms with Crippen LogP contribution in [0.1, 0.15) is 18.2 Å². The number of phenolic OH excluding ortho intramolecular Hbond substituents is 1. The maximum atomic E-state index is 12.5. The van der Waals surface area contributed by atoms with Crippen molar-refractivity contribution in [1.29, 1.82) is 0 Å². The minimum Gasteiger partial charge on any atom is -0.508 e. The summed E-state index contributed by atoms with van der Waals surface area (Å²) in [5.41, 5.74) is 0.00728. The van der Waals surface area contributed by atoms with Gasteiger partial charge in [0.25, 0.3) is 0 Å². The van der Waals surface area contributed by atoms with Crippen LogP contribution in [0.2, 0.25) is 0 Å². The molecule has 1 aromatic carbocycles. The van der Waals surface area contributed by atoms with E-state index in [1.807, 2.05) is 6.92 Å². The van der Waals surface area contributed by atoms with Gasteiger partial charge in [0.1, 0.15) is 5.75 Å². The predicted octanol–water partition coefficient (Wildman–Crippen LogP) is 3.27. The number of alkyl halides is 3. The Bertz CT molecular complexity index is 611. The zero-order chi connectivity index (χ0) is 16.3. The average Bonchev–Trinajstić information content (AvgIpc) is 2.48. The molecule has 7 heteroatoms. The molecule has 2 aromatic rings. The number of rotatable bonds is 4. The van der Waals surface area contributed by atoms with E-state index < -0.39 is 11.9 Å². The first-order valence-corrected chi connectivity index (χ1v) is 6.69. The Labute approximate surface area is 126 Å². The normalized spacial score (nSPS) is 13.0. The van der Waals surface area contributed by atoms with E-state index in [0.29, 0.717) is 12.2 Å². The van der Waals surface area contributed by atoms with Crippen molar-refractivity contribution in [3.63, 3.8) is 0 Å². The molecule has 0 radical (unpaired) electrons. The second kappa shape index (κ2) is 6.21. The third kappa shape index (κ3) is 3.87. The van der Waals surface area contributed by atoms with Gasteiger partial charge in [-0.2, -0.15) is 13.2 Å². The van der Waals surface area contributed by atoms with Gasteiger partial charge in [-0.3, -0.25) is 0 Å². The quantitative estimate of drug-likeness (QED) is 0.941. The number of anilines is 1. The molecular formula is C15H16F3N3O. The number of halogens is 3.